The molecule has 4 aromatic rings. The van der Waals surface area contributed by atoms with Crippen molar-refractivity contribution >= 4 is 5.65 Å². The van der Waals surface area contributed by atoms with Crippen LogP contribution in [-0.4, -0.2) is 49.6 Å². The van der Waals surface area contributed by atoms with Gasteiger partial charge in [0.2, 0.25) is 5.88 Å². The van der Waals surface area contributed by atoms with Crippen LogP contribution < -0.4 is 9.47 Å². The minimum Gasteiger partial charge on any atom is -0.508 e. The highest BCUT2D eigenvalue weighted by atomic mass is 19.3. The molecule has 0 bridgehead atoms. The Balaban J connectivity index is 1.61. The van der Waals surface area contributed by atoms with Gasteiger partial charge in [-0.05, 0) is 42.0 Å². The molecule has 1 atom stereocenters. The summed E-state index contributed by atoms with van der Waals surface area (Å²) in [6, 6.07) is 12.6. The summed E-state index contributed by atoms with van der Waals surface area (Å²) in [5.41, 5.74) is 1.76. The van der Waals surface area contributed by atoms with E-state index in [1.54, 1.807) is 40.8 Å². The van der Waals surface area contributed by atoms with E-state index in [0.29, 0.717) is 22.9 Å². The van der Waals surface area contributed by atoms with Crippen molar-refractivity contribution in [3.63, 3.8) is 0 Å². The lowest BCUT2D eigenvalue weighted by Crippen LogP contribution is -2.15. The van der Waals surface area contributed by atoms with Crippen LogP contribution in [0.1, 0.15) is 11.5 Å². The summed E-state index contributed by atoms with van der Waals surface area (Å²) in [5.74, 6) is 0.508. The molecule has 0 saturated heterocycles. The molecule has 0 aliphatic heterocycles. The van der Waals surface area contributed by atoms with Crippen LogP contribution in [0.2, 0.25) is 0 Å². The zero-order valence-electron chi connectivity index (χ0n) is 16.1. The third-order valence-corrected chi connectivity index (χ3v) is 4.62. The molecule has 2 aromatic heterocycles. The number of fused-ring (bicyclic) bond motifs is 1. The van der Waals surface area contributed by atoms with E-state index in [1.165, 1.54) is 24.5 Å². The topological polar surface area (TPSA) is 102 Å². The first-order valence-electron chi connectivity index (χ1n) is 9.32. The number of phenolic OH excluding ortho intramolecular Hbond substituents is 1. The molecule has 0 aliphatic rings. The number of benzene rings is 2. The number of alkyl halides is 2. The number of aromatic nitrogens is 4. The van der Waals surface area contributed by atoms with E-state index in [-0.39, 0.29) is 30.6 Å². The van der Waals surface area contributed by atoms with Crippen molar-refractivity contribution in [3.05, 3.63) is 66.5 Å². The molecular formula is C21H18F2N4O4. The summed E-state index contributed by atoms with van der Waals surface area (Å²) in [5, 5.41) is 27.7. The molecule has 2 heterocycles. The van der Waals surface area contributed by atoms with Crippen LogP contribution in [0.4, 0.5) is 8.78 Å². The highest BCUT2D eigenvalue weighted by Crippen LogP contribution is 2.27. The fraction of sp³-hybridized carbons (Fsp3) is 0.190. The smallest absolute Gasteiger partial charge is 0.387 e. The number of aliphatic hydroxyl groups excluding tert-OH is 1. The second-order valence-corrected chi connectivity index (χ2v) is 6.65. The molecule has 4 rings (SSSR count). The van der Waals surface area contributed by atoms with Crippen LogP contribution in [0.15, 0.2) is 60.9 Å². The summed E-state index contributed by atoms with van der Waals surface area (Å²) in [7, 11) is 0. The summed E-state index contributed by atoms with van der Waals surface area (Å²) >= 11 is 0. The number of nitrogens with zero attached hydrogens (tertiary/aromatic N) is 4. The van der Waals surface area contributed by atoms with Crippen molar-refractivity contribution in [1.29, 1.82) is 0 Å². The van der Waals surface area contributed by atoms with Gasteiger partial charge in [0.05, 0.1) is 25.6 Å². The minimum atomic E-state index is -2.91. The van der Waals surface area contributed by atoms with Crippen LogP contribution in [0.5, 0.6) is 17.4 Å². The molecule has 2 aromatic carbocycles. The largest absolute Gasteiger partial charge is 0.508 e. The number of halogens is 2. The van der Waals surface area contributed by atoms with Crippen molar-refractivity contribution in [3.8, 4) is 28.8 Å². The molecule has 31 heavy (non-hydrogen) atoms. The van der Waals surface area contributed by atoms with E-state index in [4.69, 9.17) is 4.74 Å². The third-order valence-electron chi connectivity index (χ3n) is 4.62. The highest BCUT2D eigenvalue weighted by Gasteiger charge is 2.17. The van der Waals surface area contributed by atoms with Crippen LogP contribution in [0.25, 0.3) is 17.0 Å². The number of hydrogen-bond acceptors (Lipinski definition) is 7. The number of aliphatic hydroxyl groups is 1. The highest BCUT2D eigenvalue weighted by molar-refractivity contribution is 5.61. The van der Waals surface area contributed by atoms with E-state index in [0.717, 1.165) is 5.56 Å². The number of ether oxygens (including phenoxy) is 2. The Morgan fingerprint density at radius 3 is 2.55 bits per heavy atom. The Bertz CT molecular complexity index is 1170. The van der Waals surface area contributed by atoms with Gasteiger partial charge < -0.3 is 19.7 Å². The molecule has 0 fully saturated rings. The van der Waals surface area contributed by atoms with Gasteiger partial charge >= 0.3 is 6.61 Å². The van der Waals surface area contributed by atoms with Crippen LogP contribution in [0.3, 0.4) is 0 Å². The Morgan fingerprint density at radius 1 is 1.03 bits per heavy atom. The van der Waals surface area contributed by atoms with Crippen LogP contribution >= 0.6 is 0 Å². The second kappa shape index (κ2) is 8.92. The summed E-state index contributed by atoms with van der Waals surface area (Å²) in [4.78, 5) is 4.10. The number of aromatic hydroxyl groups is 1. The molecule has 0 saturated carbocycles. The second-order valence-electron chi connectivity index (χ2n) is 6.65. The normalized spacial score (nSPS) is 12.3. The van der Waals surface area contributed by atoms with Gasteiger partial charge in [0, 0.05) is 11.5 Å². The summed E-state index contributed by atoms with van der Waals surface area (Å²) in [6.45, 7) is -2.98. The van der Waals surface area contributed by atoms with Gasteiger partial charge in [-0.1, -0.05) is 12.1 Å². The van der Waals surface area contributed by atoms with Crippen molar-refractivity contribution in [2.75, 3.05) is 13.2 Å². The van der Waals surface area contributed by atoms with Gasteiger partial charge in [-0.15, -0.1) is 10.2 Å². The molecule has 2 N–H and O–H groups in total. The fourth-order valence-corrected chi connectivity index (χ4v) is 3.12. The summed E-state index contributed by atoms with van der Waals surface area (Å²) in [6.07, 6.45) is 3.00. The number of hydrogen-bond donors (Lipinski definition) is 2. The third kappa shape index (κ3) is 4.53. The van der Waals surface area contributed by atoms with Crippen molar-refractivity contribution in [1.82, 2.24) is 19.6 Å². The van der Waals surface area contributed by atoms with Gasteiger partial charge in [-0.25, -0.2) is 4.40 Å². The predicted octanol–water partition coefficient (Wildman–Crippen LogP) is 3.25. The maximum atomic E-state index is 12.4. The molecule has 1 unspecified atom stereocenters. The molecule has 160 valence electrons. The van der Waals surface area contributed by atoms with Crippen molar-refractivity contribution in [2.45, 2.75) is 12.5 Å². The SMILES string of the molecule is OCC(COc1cncc2nnc(-c3ccc(OC(F)F)cc3)n12)c1cccc(O)c1. The van der Waals surface area contributed by atoms with E-state index in [2.05, 4.69) is 19.9 Å². The lowest BCUT2D eigenvalue weighted by molar-refractivity contribution is -0.0498. The van der Waals surface area contributed by atoms with Gasteiger partial charge in [0.25, 0.3) is 0 Å². The standard InChI is InChI=1S/C21H18F2N4O4/c22-21(23)31-17-6-4-13(5-7-17)20-26-25-18-9-24-10-19(27(18)20)30-12-15(11-28)14-2-1-3-16(29)8-14/h1-10,15,21,28-29H,11-12H2. The molecule has 8 nitrogen and oxygen atoms in total. The Hall–Kier alpha value is -3.79. The van der Waals surface area contributed by atoms with E-state index >= 15 is 0 Å². The average molecular weight is 428 g/mol. The molecule has 0 aliphatic carbocycles. The molecule has 10 heteroatoms. The zero-order valence-corrected chi connectivity index (χ0v) is 16.1. The van der Waals surface area contributed by atoms with Crippen LogP contribution in [0, 0.1) is 0 Å². The van der Waals surface area contributed by atoms with Gasteiger partial charge in [-0.3, -0.25) is 4.98 Å². The molecule has 0 spiro atoms. The Morgan fingerprint density at radius 2 is 1.84 bits per heavy atom. The number of rotatable bonds is 8. The Labute approximate surface area is 175 Å². The Kier molecular flexibility index (Phi) is 5.89. The van der Waals surface area contributed by atoms with E-state index < -0.39 is 6.61 Å². The van der Waals surface area contributed by atoms with Gasteiger partial charge in [-0.2, -0.15) is 8.78 Å². The number of phenols is 1. The lowest BCUT2D eigenvalue weighted by Gasteiger charge is -2.17. The molecule has 0 amide bonds. The van der Waals surface area contributed by atoms with E-state index in [9.17, 15) is 19.0 Å². The van der Waals surface area contributed by atoms with E-state index in [1.807, 2.05) is 0 Å². The summed E-state index contributed by atoms with van der Waals surface area (Å²) < 4.78 is 36.7. The predicted molar refractivity (Wildman–Crippen MR) is 106 cm³/mol. The maximum absolute atomic E-state index is 12.4. The average Bonchev–Trinajstić information content (AvgIpc) is 3.19. The first-order chi connectivity index (χ1) is 15.0. The first-order valence-corrected chi connectivity index (χ1v) is 9.32. The first kappa shape index (κ1) is 20.5. The fourth-order valence-electron chi connectivity index (χ4n) is 3.12. The monoisotopic (exact) mass is 428 g/mol. The van der Waals surface area contributed by atoms with Crippen LogP contribution in [-0.2, 0) is 0 Å². The van der Waals surface area contributed by atoms with Gasteiger partial charge in [0.1, 0.15) is 11.5 Å². The minimum absolute atomic E-state index is 0.0302. The van der Waals surface area contributed by atoms with Gasteiger partial charge in [0.15, 0.2) is 11.5 Å². The van der Waals surface area contributed by atoms with Crippen molar-refractivity contribution in [2.24, 2.45) is 0 Å². The zero-order chi connectivity index (χ0) is 21.8. The quantitative estimate of drug-likeness (QED) is 0.444. The lowest BCUT2D eigenvalue weighted by atomic mass is 10.0. The molecular weight excluding hydrogens is 410 g/mol. The maximum Gasteiger partial charge on any atom is 0.387 e. The van der Waals surface area contributed by atoms with Crippen molar-refractivity contribution < 1.29 is 28.5 Å². The molecule has 0 radical (unpaired) electrons.